The van der Waals surface area contributed by atoms with Crippen molar-refractivity contribution in [3.8, 4) is 17.0 Å². The number of anilines is 1. The van der Waals surface area contributed by atoms with Crippen LogP contribution in [0.1, 0.15) is 61.0 Å². The minimum atomic E-state index is -1.04. The summed E-state index contributed by atoms with van der Waals surface area (Å²) in [6.45, 7) is 3.16. The third kappa shape index (κ3) is 6.23. The van der Waals surface area contributed by atoms with Gasteiger partial charge in [0.1, 0.15) is 40.7 Å². The van der Waals surface area contributed by atoms with Crippen LogP contribution in [0, 0.1) is 23.4 Å². The molecule has 2 aliphatic rings. The second kappa shape index (κ2) is 11.7. The van der Waals surface area contributed by atoms with Gasteiger partial charge in [0.15, 0.2) is 0 Å². The smallest absolute Gasteiger partial charge is 0.274 e. The first-order valence-electron chi connectivity index (χ1n) is 13.2. The lowest BCUT2D eigenvalue weighted by molar-refractivity contribution is 0.0253. The molecular weight excluding hydrogens is 509 g/mol. The van der Waals surface area contributed by atoms with Crippen LogP contribution in [-0.2, 0) is 4.74 Å². The number of ether oxygens (including phenoxy) is 2. The minimum Gasteiger partial charge on any atom is -0.490 e. The molecule has 1 aliphatic heterocycles. The van der Waals surface area contributed by atoms with Crippen LogP contribution in [0.15, 0.2) is 42.7 Å². The molecule has 1 saturated heterocycles. The Hall–Kier alpha value is -3.50. The lowest BCUT2D eigenvalue weighted by Crippen LogP contribution is -2.31. The van der Waals surface area contributed by atoms with E-state index in [0.717, 1.165) is 43.0 Å². The molecule has 3 N–H and O–H groups in total. The van der Waals surface area contributed by atoms with Crippen LogP contribution in [0.3, 0.4) is 0 Å². The van der Waals surface area contributed by atoms with Crippen molar-refractivity contribution in [2.75, 3.05) is 18.5 Å². The van der Waals surface area contributed by atoms with Gasteiger partial charge in [-0.15, -0.1) is 0 Å². The van der Waals surface area contributed by atoms with E-state index in [0.29, 0.717) is 37.7 Å². The van der Waals surface area contributed by atoms with Crippen LogP contribution in [0.4, 0.5) is 18.9 Å². The standard InChI is InChI=1S/C29H31F3N4O3/c1-16-10-17(12-18(33)11-16)21-4-7-34-15-26(21)36-29(37)25-3-2-22(30)28(35-25)27-23(31)13-20(14-24(27)32)39-19-5-8-38-9-6-19/h2-4,7,13-19H,5-6,8-12,33H2,1H3,(H,36,37)/t16-,17+,18-/m0/s1. The van der Waals surface area contributed by atoms with Crippen LogP contribution in [0.25, 0.3) is 11.3 Å². The Bertz CT molecular complexity index is 1320. The summed E-state index contributed by atoms with van der Waals surface area (Å²) in [5, 5.41) is 2.79. The maximum Gasteiger partial charge on any atom is 0.274 e. The number of hydrogen-bond acceptors (Lipinski definition) is 6. The molecule has 1 amide bonds. The third-order valence-corrected chi connectivity index (χ3v) is 7.32. The molecule has 3 aromatic rings. The average Bonchev–Trinajstić information content (AvgIpc) is 2.89. The first-order chi connectivity index (χ1) is 18.8. The highest BCUT2D eigenvalue weighted by Crippen LogP contribution is 2.38. The number of amides is 1. The van der Waals surface area contributed by atoms with Crippen LogP contribution >= 0.6 is 0 Å². The van der Waals surface area contributed by atoms with E-state index in [1.807, 2.05) is 6.07 Å². The third-order valence-electron chi connectivity index (χ3n) is 7.32. The summed E-state index contributed by atoms with van der Waals surface area (Å²) < 4.78 is 55.8. The Morgan fingerprint density at radius 3 is 2.51 bits per heavy atom. The van der Waals surface area contributed by atoms with E-state index in [4.69, 9.17) is 15.2 Å². The topological polar surface area (TPSA) is 99.4 Å². The lowest BCUT2D eigenvalue weighted by atomic mass is 9.76. The second-order valence-corrected chi connectivity index (χ2v) is 10.4. The fraction of sp³-hybridized carbons (Fsp3) is 0.414. The van der Waals surface area contributed by atoms with Gasteiger partial charge < -0.3 is 20.5 Å². The minimum absolute atomic E-state index is 0.00388. The number of nitrogens with two attached hydrogens (primary N) is 1. The molecule has 39 heavy (non-hydrogen) atoms. The quantitative estimate of drug-likeness (QED) is 0.422. The SMILES string of the molecule is C[C@@H]1C[C@H](N)C[C@H](c2ccncc2NC(=O)c2ccc(F)c(-c3c(F)cc(OC4CCOCC4)cc3F)n2)C1. The van der Waals surface area contributed by atoms with E-state index >= 15 is 8.78 Å². The number of rotatable bonds is 6. The predicted molar refractivity (Wildman–Crippen MR) is 140 cm³/mol. The van der Waals surface area contributed by atoms with Crippen LogP contribution < -0.4 is 15.8 Å². The van der Waals surface area contributed by atoms with Crippen molar-refractivity contribution >= 4 is 11.6 Å². The summed E-state index contributed by atoms with van der Waals surface area (Å²) in [7, 11) is 0. The summed E-state index contributed by atoms with van der Waals surface area (Å²) in [6, 6.07) is 6.05. The molecule has 206 valence electrons. The van der Waals surface area contributed by atoms with E-state index in [1.54, 1.807) is 12.4 Å². The molecule has 1 aromatic carbocycles. The molecule has 7 nitrogen and oxygen atoms in total. The average molecular weight is 541 g/mol. The first-order valence-corrected chi connectivity index (χ1v) is 13.2. The Kier molecular flexibility index (Phi) is 8.13. The molecule has 0 spiro atoms. The molecule has 10 heteroatoms. The maximum absolute atomic E-state index is 15.1. The fourth-order valence-corrected chi connectivity index (χ4v) is 5.54. The van der Waals surface area contributed by atoms with Crippen molar-refractivity contribution in [1.29, 1.82) is 0 Å². The second-order valence-electron chi connectivity index (χ2n) is 10.4. The number of benzene rings is 1. The predicted octanol–water partition coefficient (Wildman–Crippen LogP) is 5.60. The monoisotopic (exact) mass is 540 g/mol. The van der Waals surface area contributed by atoms with Gasteiger partial charge in [-0.1, -0.05) is 6.92 Å². The van der Waals surface area contributed by atoms with E-state index in [-0.39, 0.29) is 29.5 Å². The molecule has 3 heterocycles. The highest BCUT2D eigenvalue weighted by molar-refractivity contribution is 6.03. The highest BCUT2D eigenvalue weighted by atomic mass is 19.1. The maximum atomic E-state index is 15.1. The normalized spacial score (nSPS) is 21.9. The Morgan fingerprint density at radius 2 is 1.79 bits per heavy atom. The molecule has 1 saturated carbocycles. The molecule has 2 aromatic heterocycles. The van der Waals surface area contributed by atoms with Crippen LogP contribution in [0.5, 0.6) is 5.75 Å². The van der Waals surface area contributed by atoms with Crippen molar-refractivity contribution in [3.05, 3.63) is 71.4 Å². The molecule has 5 rings (SSSR count). The van der Waals surface area contributed by atoms with E-state index < -0.39 is 34.6 Å². The van der Waals surface area contributed by atoms with Crippen LogP contribution in [-0.4, -0.2) is 41.2 Å². The summed E-state index contributed by atoms with van der Waals surface area (Å²) in [5.74, 6) is -3.13. The molecule has 0 radical (unpaired) electrons. The number of pyridine rings is 2. The van der Waals surface area contributed by atoms with Crippen molar-refractivity contribution in [3.63, 3.8) is 0 Å². The first kappa shape index (κ1) is 27.1. The zero-order valence-corrected chi connectivity index (χ0v) is 21.6. The largest absolute Gasteiger partial charge is 0.490 e. The number of hydrogen-bond donors (Lipinski definition) is 2. The number of carbonyl (C=O) groups excluding carboxylic acids is 1. The molecule has 1 aliphatic carbocycles. The van der Waals surface area contributed by atoms with Crippen LogP contribution in [0.2, 0.25) is 0 Å². The van der Waals surface area contributed by atoms with Gasteiger partial charge in [-0.25, -0.2) is 18.2 Å². The fourth-order valence-electron chi connectivity index (χ4n) is 5.54. The number of halogens is 3. The van der Waals surface area contributed by atoms with Gasteiger partial charge >= 0.3 is 0 Å². The summed E-state index contributed by atoms with van der Waals surface area (Å²) in [6.07, 6.45) is 6.82. The Balaban J connectivity index is 1.38. The van der Waals surface area contributed by atoms with Crippen molar-refractivity contribution in [1.82, 2.24) is 9.97 Å². The van der Waals surface area contributed by atoms with Gasteiger partial charge in [0.05, 0.1) is 30.7 Å². The van der Waals surface area contributed by atoms with Crippen molar-refractivity contribution < 1.29 is 27.4 Å². The van der Waals surface area contributed by atoms with E-state index in [9.17, 15) is 9.18 Å². The molecular formula is C29H31F3N4O3. The van der Waals surface area contributed by atoms with Gasteiger partial charge in [-0.3, -0.25) is 9.78 Å². The Morgan fingerprint density at radius 1 is 1.05 bits per heavy atom. The number of nitrogens with zero attached hydrogens (tertiary/aromatic N) is 2. The Labute approximate surface area is 224 Å². The molecule has 2 fully saturated rings. The number of carbonyl (C=O) groups is 1. The van der Waals surface area contributed by atoms with Crippen molar-refractivity contribution in [2.45, 2.75) is 57.1 Å². The van der Waals surface area contributed by atoms with E-state index in [1.165, 1.54) is 6.07 Å². The van der Waals surface area contributed by atoms with Gasteiger partial charge in [0, 0.05) is 37.2 Å². The summed E-state index contributed by atoms with van der Waals surface area (Å²) >= 11 is 0. The zero-order chi connectivity index (χ0) is 27.5. The highest BCUT2D eigenvalue weighted by Gasteiger charge is 2.28. The van der Waals surface area contributed by atoms with Gasteiger partial charge in [0.25, 0.3) is 5.91 Å². The van der Waals surface area contributed by atoms with Crippen molar-refractivity contribution in [2.24, 2.45) is 11.7 Å². The molecule has 0 bridgehead atoms. The number of aromatic nitrogens is 2. The van der Waals surface area contributed by atoms with Gasteiger partial charge in [0.2, 0.25) is 0 Å². The van der Waals surface area contributed by atoms with E-state index in [2.05, 4.69) is 22.2 Å². The summed E-state index contributed by atoms with van der Waals surface area (Å²) in [5.41, 5.74) is 6.16. The molecule has 3 atom stereocenters. The van der Waals surface area contributed by atoms with Gasteiger partial charge in [-0.05, 0) is 54.9 Å². The number of nitrogens with one attached hydrogen (secondary N) is 1. The molecule has 0 unspecified atom stereocenters. The lowest BCUT2D eigenvalue weighted by Gasteiger charge is -2.32. The van der Waals surface area contributed by atoms with Gasteiger partial charge in [-0.2, -0.15) is 0 Å². The summed E-state index contributed by atoms with van der Waals surface area (Å²) in [4.78, 5) is 21.3. The zero-order valence-electron chi connectivity index (χ0n) is 21.6.